The Morgan fingerprint density at radius 1 is 1.21 bits per heavy atom. The highest BCUT2D eigenvalue weighted by Crippen LogP contribution is 2.40. The van der Waals surface area contributed by atoms with E-state index in [2.05, 4.69) is 20.1 Å². The molecule has 2 aliphatic rings. The van der Waals surface area contributed by atoms with Gasteiger partial charge in [0.25, 0.3) is 5.56 Å². The van der Waals surface area contributed by atoms with Gasteiger partial charge >= 0.3 is 0 Å². The summed E-state index contributed by atoms with van der Waals surface area (Å²) < 4.78 is 11.2. The van der Waals surface area contributed by atoms with Crippen molar-refractivity contribution in [1.29, 1.82) is 0 Å². The van der Waals surface area contributed by atoms with E-state index in [-0.39, 0.29) is 23.3 Å². The maximum atomic E-state index is 13.0. The van der Waals surface area contributed by atoms with Crippen molar-refractivity contribution in [2.45, 2.75) is 56.3 Å². The van der Waals surface area contributed by atoms with Gasteiger partial charge in [0.1, 0.15) is 11.5 Å². The lowest BCUT2D eigenvalue weighted by Crippen LogP contribution is -2.23. The molecule has 1 saturated heterocycles. The second-order valence-corrected chi connectivity index (χ2v) is 9.58. The number of amides is 1. The van der Waals surface area contributed by atoms with Gasteiger partial charge in [-0.15, -0.1) is 10.2 Å². The van der Waals surface area contributed by atoms with Gasteiger partial charge in [0.05, 0.1) is 29.8 Å². The van der Waals surface area contributed by atoms with Gasteiger partial charge in [-0.25, -0.2) is 4.68 Å². The molecule has 1 saturated carbocycles. The molecule has 0 radical (unpaired) electrons. The number of hydrogen-bond donors (Lipinski definition) is 1. The highest BCUT2D eigenvalue weighted by atomic mass is 32.2. The third kappa shape index (κ3) is 4.49. The van der Waals surface area contributed by atoms with Crippen LogP contribution < -0.4 is 10.9 Å². The summed E-state index contributed by atoms with van der Waals surface area (Å²) in [5.41, 5.74) is 1.49. The number of anilines is 1. The number of thioether (sulfide) groups is 1. The molecule has 1 unspecified atom stereocenters. The van der Waals surface area contributed by atoms with E-state index in [9.17, 15) is 9.59 Å². The number of ether oxygens (including phenoxy) is 1. The zero-order valence-electron chi connectivity index (χ0n) is 18.9. The van der Waals surface area contributed by atoms with E-state index >= 15 is 0 Å². The van der Waals surface area contributed by atoms with Crippen LogP contribution >= 0.6 is 11.8 Å². The SMILES string of the molecule is Cc1c(NC(=O)CSc2nnc(C3CC3)n2CC2CCCO2)c(=O)n(-c2ccccc2)n1C. The standard InChI is InChI=1S/C23H28N6O3S/c1-15-20(22(31)29(27(15)2)17-7-4-3-5-8-17)24-19(30)14-33-23-26-25-21(16-10-11-16)28(23)13-18-9-6-12-32-18/h3-5,7-8,16,18H,6,9-14H2,1-2H3,(H,24,30). The van der Waals surface area contributed by atoms with Crippen molar-refractivity contribution in [2.75, 3.05) is 17.7 Å². The Bertz CT molecular complexity index is 1210. The lowest BCUT2D eigenvalue weighted by molar-refractivity contribution is -0.113. The fourth-order valence-corrected chi connectivity index (χ4v) is 4.99. The first-order chi connectivity index (χ1) is 16.0. The summed E-state index contributed by atoms with van der Waals surface area (Å²) in [5.74, 6) is 1.36. The van der Waals surface area contributed by atoms with Crippen LogP contribution in [0.5, 0.6) is 0 Å². The molecule has 1 aromatic carbocycles. The van der Waals surface area contributed by atoms with Gasteiger partial charge in [-0.3, -0.25) is 14.3 Å². The molecule has 3 aromatic rings. The van der Waals surface area contributed by atoms with Crippen LogP contribution in [0.3, 0.4) is 0 Å². The normalized spacial score (nSPS) is 18.1. The van der Waals surface area contributed by atoms with Crippen LogP contribution in [0.15, 0.2) is 40.3 Å². The maximum Gasteiger partial charge on any atom is 0.295 e. The summed E-state index contributed by atoms with van der Waals surface area (Å²) in [6.07, 6.45) is 4.56. The van der Waals surface area contributed by atoms with E-state index in [1.807, 2.05) is 37.3 Å². The van der Waals surface area contributed by atoms with Crippen LogP contribution in [-0.2, 0) is 23.1 Å². The van der Waals surface area contributed by atoms with E-state index in [4.69, 9.17) is 4.74 Å². The fraction of sp³-hybridized carbons (Fsp3) is 0.478. The third-order valence-corrected chi connectivity index (χ3v) is 7.22. The summed E-state index contributed by atoms with van der Waals surface area (Å²) in [6.45, 7) is 3.35. The molecule has 33 heavy (non-hydrogen) atoms. The van der Waals surface area contributed by atoms with Crippen molar-refractivity contribution >= 4 is 23.4 Å². The van der Waals surface area contributed by atoms with Crippen molar-refractivity contribution in [1.82, 2.24) is 24.1 Å². The van der Waals surface area contributed by atoms with Crippen molar-refractivity contribution < 1.29 is 9.53 Å². The van der Waals surface area contributed by atoms with E-state index < -0.39 is 0 Å². The van der Waals surface area contributed by atoms with Gasteiger partial charge in [-0.2, -0.15) is 0 Å². The predicted molar refractivity (Wildman–Crippen MR) is 126 cm³/mol. The number of para-hydroxylation sites is 1. The Balaban J connectivity index is 1.30. The average molecular weight is 469 g/mol. The number of nitrogens with one attached hydrogen (secondary N) is 1. The summed E-state index contributed by atoms with van der Waals surface area (Å²) >= 11 is 1.35. The fourth-order valence-electron chi connectivity index (χ4n) is 4.23. The van der Waals surface area contributed by atoms with Gasteiger partial charge < -0.3 is 14.6 Å². The van der Waals surface area contributed by atoms with E-state index in [0.717, 1.165) is 55.5 Å². The smallest absolute Gasteiger partial charge is 0.295 e. The summed E-state index contributed by atoms with van der Waals surface area (Å²) in [5, 5.41) is 12.3. The topological polar surface area (TPSA) is 96.0 Å². The Morgan fingerprint density at radius 2 is 2.00 bits per heavy atom. The average Bonchev–Trinajstić information content (AvgIpc) is 3.31. The minimum Gasteiger partial charge on any atom is -0.376 e. The molecule has 3 heterocycles. The molecule has 174 valence electrons. The Labute approximate surface area is 196 Å². The van der Waals surface area contributed by atoms with E-state index in [1.165, 1.54) is 11.8 Å². The maximum absolute atomic E-state index is 13.0. The summed E-state index contributed by atoms with van der Waals surface area (Å²) in [4.78, 5) is 25.8. The van der Waals surface area contributed by atoms with Crippen molar-refractivity contribution in [3.05, 3.63) is 52.2 Å². The Hall–Kier alpha value is -2.85. The third-order valence-electron chi connectivity index (χ3n) is 6.25. The monoisotopic (exact) mass is 468 g/mol. The first-order valence-corrected chi connectivity index (χ1v) is 12.3. The first-order valence-electron chi connectivity index (χ1n) is 11.3. The highest BCUT2D eigenvalue weighted by molar-refractivity contribution is 7.99. The lowest BCUT2D eigenvalue weighted by atomic mass is 10.2. The minimum atomic E-state index is -0.253. The number of carbonyl (C=O) groups excluding carboxylic acids is 1. The second kappa shape index (κ2) is 9.18. The molecule has 9 nitrogen and oxygen atoms in total. The van der Waals surface area contributed by atoms with Crippen LogP contribution in [-0.4, -0.2) is 48.5 Å². The van der Waals surface area contributed by atoms with E-state index in [0.29, 0.717) is 17.3 Å². The number of aromatic nitrogens is 5. The van der Waals surface area contributed by atoms with Crippen molar-refractivity contribution in [3.63, 3.8) is 0 Å². The number of carbonyl (C=O) groups is 1. The van der Waals surface area contributed by atoms with Crippen molar-refractivity contribution in [2.24, 2.45) is 7.05 Å². The summed E-state index contributed by atoms with van der Waals surface area (Å²) in [7, 11) is 1.81. The zero-order chi connectivity index (χ0) is 22.9. The van der Waals surface area contributed by atoms with Gasteiger partial charge in [-0.05, 0) is 44.7 Å². The van der Waals surface area contributed by atoms with Crippen LogP contribution in [0, 0.1) is 6.92 Å². The molecular formula is C23H28N6O3S. The second-order valence-electron chi connectivity index (χ2n) is 8.63. The van der Waals surface area contributed by atoms with Gasteiger partial charge in [-0.1, -0.05) is 30.0 Å². The molecule has 1 N–H and O–H groups in total. The largest absolute Gasteiger partial charge is 0.376 e. The molecule has 10 heteroatoms. The molecular weight excluding hydrogens is 440 g/mol. The van der Waals surface area contributed by atoms with Crippen LogP contribution in [0.2, 0.25) is 0 Å². The molecule has 1 atom stereocenters. The molecule has 0 bridgehead atoms. The van der Waals surface area contributed by atoms with Gasteiger partial charge in [0.2, 0.25) is 5.91 Å². The van der Waals surface area contributed by atoms with Crippen LogP contribution in [0.25, 0.3) is 5.69 Å². The first kappa shape index (κ1) is 22.0. The van der Waals surface area contributed by atoms with Gasteiger partial charge in [0.15, 0.2) is 5.16 Å². The molecule has 0 spiro atoms. The molecule has 1 aliphatic heterocycles. The summed E-state index contributed by atoms with van der Waals surface area (Å²) in [6, 6.07) is 9.38. The Morgan fingerprint density at radius 3 is 2.70 bits per heavy atom. The number of hydrogen-bond acceptors (Lipinski definition) is 6. The number of rotatable bonds is 8. The zero-order valence-corrected chi connectivity index (χ0v) is 19.7. The minimum absolute atomic E-state index is 0.146. The molecule has 1 aliphatic carbocycles. The highest BCUT2D eigenvalue weighted by Gasteiger charge is 2.32. The quantitative estimate of drug-likeness (QED) is 0.511. The van der Waals surface area contributed by atoms with E-state index in [1.54, 1.807) is 16.4 Å². The molecule has 2 aromatic heterocycles. The van der Waals surface area contributed by atoms with Crippen molar-refractivity contribution in [3.8, 4) is 5.69 Å². The van der Waals surface area contributed by atoms with Crippen LogP contribution in [0.4, 0.5) is 5.69 Å². The molecule has 2 fully saturated rings. The number of nitrogens with zero attached hydrogens (tertiary/aromatic N) is 5. The van der Waals surface area contributed by atoms with Gasteiger partial charge in [0, 0.05) is 19.6 Å². The number of benzene rings is 1. The predicted octanol–water partition coefficient (Wildman–Crippen LogP) is 2.86. The lowest BCUT2D eigenvalue weighted by Gasteiger charge is -2.14. The van der Waals surface area contributed by atoms with Crippen LogP contribution in [0.1, 0.15) is 43.1 Å². The molecule has 1 amide bonds. The Kier molecular flexibility index (Phi) is 6.11. The molecule has 5 rings (SSSR count).